The van der Waals surface area contributed by atoms with Crippen molar-refractivity contribution in [2.24, 2.45) is 5.92 Å². The zero-order valence-corrected chi connectivity index (χ0v) is 18.6. The maximum absolute atomic E-state index is 13.2. The topological polar surface area (TPSA) is 67.9 Å². The Balaban J connectivity index is 2.11. The van der Waals surface area contributed by atoms with Crippen molar-refractivity contribution >= 4 is 11.8 Å². The van der Waals surface area contributed by atoms with Crippen LogP contribution in [-0.2, 0) is 4.79 Å². The molecule has 0 aliphatic rings. The average molecular weight is 413 g/mol. The van der Waals surface area contributed by atoms with Crippen molar-refractivity contribution in [2.75, 3.05) is 20.8 Å². The monoisotopic (exact) mass is 412 g/mol. The van der Waals surface area contributed by atoms with Crippen molar-refractivity contribution in [3.8, 4) is 11.5 Å². The highest BCUT2D eigenvalue weighted by Gasteiger charge is 2.29. The van der Waals surface area contributed by atoms with Crippen molar-refractivity contribution in [2.45, 2.75) is 39.8 Å². The summed E-state index contributed by atoms with van der Waals surface area (Å²) in [5, 5.41) is 2.90. The van der Waals surface area contributed by atoms with Gasteiger partial charge >= 0.3 is 0 Å². The zero-order valence-electron chi connectivity index (χ0n) is 18.6. The van der Waals surface area contributed by atoms with Crippen LogP contribution in [0.3, 0.4) is 0 Å². The Hall–Kier alpha value is -3.02. The van der Waals surface area contributed by atoms with Gasteiger partial charge in [0, 0.05) is 12.6 Å². The Morgan fingerprint density at radius 2 is 1.53 bits per heavy atom. The van der Waals surface area contributed by atoms with Gasteiger partial charge in [-0.05, 0) is 61.7 Å². The van der Waals surface area contributed by atoms with E-state index in [1.807, 2.05) is 52.0 Å². The first-order chi connectivity index (χ1) is 14.3. The van der Waals surface area contributed by atoms with Crippen LogP contribution < -0.4 is 14.8 Å². The van der Waals surface area contributed by atoms with Crippen LogP contribution >= 0.6 is 0 Å². The fourth-order valence-corrected chi connectivity index (χ4v) is 3.12. The summed E-state index contributed by atoms with van der Waals surface area (Å²) < 4.78 is 10.6. The standard InChI is InChI=1S/C24H32N2O4/c1-7-30-21-14-10-19(11-15-21)23(27)25-22(16(2)3)24(28)26(5)17(4)18-8-12-20(29-6)13-9-18/h8-17,22H,7H2,1-6H3,(H,25,27). The average Bonchev–Trinajstić information content (AvgIpc) is 2.76. The van der Waals surface area contributed by atoms with Crippen LogP contribution in [0.4, 0.5) is 0 Å². The van der Waals surface area contributed by atoms with Crippen LogP contribution in [0.5, 0.6) is 11.5 Å². The lowest BCUT2D eigenvalue weighted by Gasteiger charge is -2.31. The van der Waals surface area contributed by atoms with Crippen molar-refractivity contribution < 1.29 is 19.1 Å². The lowest BCUT2D eigenvalue weighted by atomic mass is 10.00. The van der Waals surface area contributed by atoms with Crippen molar-refractivity contribution in [3.05, 3.63) is 59.7 Å². The second-order valence-electron chi connectivity index (χ2n) is 7.55. The van der Waals surface area contributed by atoms with Crippen LogP contribution in [0.15, 0.2) is 48.5 Å². The molecule has 2 atom stereocenters. The van der Waals surface area contributed by atoms with E-state index in [-0.39, 0.29) is 23.8 Å². The molecule has 1 N–H and O–H groups in total. The fourth-order valence-electron chi connectivity index (χ4n) is 3.12. The van der Waals surface area contributed by atoms with Gasteiger partial charge < -0.3 is 19.7 Å². The molecule has 6 nitrogen and oxygen atoms in total. The van der Waals surface area contributed by atoms with E-state index in [0.29, 0.717) is 17.9 Å². The molecule has 0 saturated carbocycles. The van der Waals surface area contributed by atoms with E-state index in [4.69, 9.17) is 9.47 Å². The molecule has 0 aromatic heterocycles. The zero-order chi connectivity index (χ0) is 22.3. The molecule has 0 heterocycles. The summed E-state index contributed by atoms with van der Waals surface area (Å²) in [5.41, 5.74) is 1.48. The molecular formula is C24H32N2O4. The van der Waals surface area contributed by atoms with Crippen molar-refractivity contribution in [1.82, 2.24) is 10.2 Å². The van der Waals surface area contributed by atoms with Crippen LogP contribution in [0, 0.1) is 5.92 Å². The number of methoxy groups -OCH3 is 1. The quantitative estimate of drug-likeness (QED) is 0.674. The number of carbonyl (C=O) groups is 2. The van der Waals surface area contributed by atoms with E-state index in [1.165, 1.54) is 0 Å². The number of carbonyl (C=O) groups excluding carboxylic acids is 2. The van der Waals surface area contributed by atoms with Gasteiger partial charge in [-0.1, -0.05) is 26.0 Å². The molecule has 2 rings (SSSR count). The van der Waals surface area contributed by atoms with Crippen molar-refractivity contribution in [3.63, 3.8) is 0 Å². The fraction of sp³-hybridized carbons (Fsp3) is 0.417. The molecule has 2 unspecified atom stereocenters. The number of hydrogen-bond acceptors (Lipinski definition) is 4. The Morgan fingerprint density at radius 3 is 2.03 bits per heavy atom. The summed E-state index contributed by atoms with van der Waals surface area (Å²) in [6.07, 6.45) is 0. The summed E-state index contributed by atoms with van der Waals surface area (Å²) in [7, 11) is 3.38. The number of nitrogens with one attached hydrogen (secondary N) is 1. The number of likely N-dealkylation sites (N-methyl/N-ethyl adjacent to an activating group) is 1. The number of hydrogen-bond donors (Lipinski definition) is 1. The molecule has 2 aromatic carbocycles. The lowest BCUT2D eigenvalue weighted by Crippen LogP contribution is -2.50. The molecule has 2 amide bonds. The van der Waals surface area contributed by atoms with E-state index in [0.717, 1.165) is 11.3 Å². The minimum absolute atomic E-state index is 0.0605. The van der Waals surface area contributed by atoms with E-state index < -0.39 is 6.04 Å². The molecule has 162 valence electrons. The van der Waals surface area contributed by atoms with Gasteiger partial charge in [0.15, 0.2) is 0 Å². The summed E-state index contributed by atoms with van der Waals surface area (Å²) >= 11 is 0. The minimum atomic E-state index is -0.630. The molecule has 0 aliphatic carbocycles. The molecular weight excluding hydrogens is 380 g/mol. The Bertz CT molecular complexity index is 831. The lowest BCUT2D eigenvalue weighted by molar-refractivity contribution is -0.135. The third-order valence-corrected chi connectivity index (χ3v) is 5.17. The smallest absolute Gasteiger partial charge is 0.251 e. The van der Waals surface area contributed by atoms with E-state index in [2.05, 4.69) is 5.32 Å². The van der Waals surface area contributed by atoms with Crippen LogP contribution in [0.1, 0.15) is 49.7 Å². The van der Waals surface area contributed by atoms with E-state index in [9.17, 15) is 9.59 Å². The number of ether oxygens (including phenoxy) is 2. The molecule has 0 spiro atoms. The SMILES string of the molecule is CCOc1ccc(C(=O)NC(C(=O)N(C)C(C)c2ccc(OC)cc2)C(C)C)cc1. The molecule has 0 aliphatic heterocycles. The number of amides is 2. The van der Waals surface area contributed by atoms with Gasteiger partial charge in [-0.15, -0.1) is 0 Å². The molecule has 0 fully saturated rings. The maximum Gasteiger partial charge on any atom is 0.251 e. The predicted molar refractivity (Wildman–Crippen MR) is 118 cm³/mol. The van der Waals surface area contributed by atoms with Gasteiger partial charge in [-0.2, -0.15) is 0 Å². The highest BCUT2D eigenvalue weighted by atomic mass is 16.5. The van der Waals surface area contributed by atoms with Crippen LogP contribution in [0.2, 0.25) is 0 Å². The first-order valence-corrected chi connectivity index (χ1v) is 10.2. The maximum atomic E-state index is 13.2. The Kier molecular flexibility index (Phi) is 8.27. The van der Waals surface area contributed by atoms with Gasteiger partial charge in [-0.25, -0.2) is 0 Å². The molecule has 0 bridgehead atoms. The van der Waals surface area contributed by atoms with Gasteiger partial charge in [0.05, 0.1) is 19.8 Å². The number of rotatable bonds is 9. The summed E-state index contributed by atoms with van der Waals surface area (Å²) in [4.78, 5) is 27.6. The summed E-state index contributed by atoms with van der Waals surface area (Å²) in [6, 6.07) is 13.8. The minimum Gasteiger partial charge on any atom is -0.497 e. The van der Waals surface area contributed by atoms with Crippen molar-refractivity contribution in [1.29, 1.82) is 0 Å². The van der Waals surface area contributed by atoms with E-state index >= 15 is 0 Å². The first-order valence-electron chi connectivity index (χ1n) is 10.2. The summed E-state index contributed by atoms with van der Waals surface area (Å²) in [6.45, 7) is 8.28. The van der Waals surface area contributed by atoms with Crippen LogP contribution in [0.25, 0.3) is 0 Å². The van der Waals surface area contributed by atoms with Gasteiger partial charge in [0.25, 0.3) is 5.91 Å². The molecule has 30 heavy (non-hydrogen) atoms. The number of nitrogens with zero attached hydrogens (tertiary/aromatic N) is 1. The molecule has 2 aromatic rings. The molecule has 0 radical (unpaired) electrons. The van der Waals surface area contributed by atoms with Crippen LogP contribution in [-0.4, -0.2) is 43.5 Å². The van der Waals surface area contributed by atoms with Gasteiger partial charge in [0.1, 0.15) is 17.5 Å². The Labute approximate surface area is 179 Å². The van der Waals surface area contributed by atoms with Gasteiger partial charge in [-0.3, -0.25) is 9.59 Å². The predicted octanol–water partition coefficient (Wildman–Crippen LogP) is 4.07. The highest BCUT2D eigenvalue weighted by molar-refractivity contribution is 5.97. The third kappa shape index (κ3) is 5.75. The molecule has 6 heteroatoms. The van der Waals surface area contributed by atoms with Gasteiger partial charge in [0.2, 0.25) is 5.91 Å². The number of benzene rings is 2. The molecule has 0 saturated heterocycles. The van der Waals surface area contributed by atoms with E-state index in [1.54, 1.807) is 43.3 Å². The normalized spacial score (nSPS) is 12.8. The largest absolute Gasteiger partial charge is 0.497 e. The second-order valence-corrected chi connectivity index (χ2v) is 7.55. The Morgan fingerprint density at radius 1 is 0.967 bits per heavy atom. The highest BCUT2D eigenvalue weighted by Crippen LogP contribution is 2.23. The first kappa shape index (κ1) is 23.3. The summed E-state index contributed by atoms with van der Waals surface area (Å²) in [5.74, 6) is 0.999. The third-order valence-electron chi connectivity index (χ3n) is 5.17. The second kappa shape index (κ2) is 10.7.